The molecule has 0 radical (unpaired) electrons. The van der Waals surface area contributed by atoms with E-state index in [0.717, 1.165) is 5.56 Å². The number of halogens is 1. The van der Waals surface area contributed by atoms with E-state index in [9.17, 15) is 14.4 Å². The van der Waals surface area contributed by atoms with E-state index in [-0.39, 0.29) is 23.4 Å². The van der Waals surface area contributed by atoms with E-state index in [0.29, 0.717) is 5.02 Å². The summed E-state index contributed by atoms with van der Waals surface area (Å²) in [6.45, 7) is 0.234. The van der Waals surface area contributed by atoms with Crippen molar-refractivity contribution in [3.05, 3.63) is 98.9 Å². The minimum Gasteiger partial charge on any atom is -0.465 e. The summed E-state index contributed by atoms with van der Waals surface area (Å²) in [5.74, 6) is -1.20. The van der Waals surface area contributed by atoms with Crippen LogP contribution < -0.4 is 10.9 Å². The molecule has 28 heavy (non-hydrogen) atoms. The van der Waals surface area contributed by atoms with Crippen molar-refractivity contribution in [2.45, 2.75) is 6.54 Å². The maximum absolute atomic E-state index is 12.8. The molecule has 0 unspecified atom stereocenters. The van der Waals surface area contributed by atoms with Gasteiger partial charge in [0.05, 0.1) is 24.9 Å². The molecule has 1 aromatic heterocycles. The predicted molar refractivity (Wildman–Crippen MR) is 107 cm³/mol. The van der Waals surface area contributed by atoms with Crippen LogP contribution in [0, 0.1) is 0 Å². The number of benzene rings is 2. The summed E-state index contributed by atoms with van der Waals surface area (Å²) in [4.78, 5) is 37.3. The summed E-state index contributed by atoms with van der Waals surface area (Å²) in [6, 6.07) is 16.6. The lowest BCUT2D eigenvalue weighted by Crippen LogP contribution is -2.29. The average Bonchev–Trinajstić information content (AvgIpc) is 2.71. The Morgan fingerprint density at radius 1 is 1.00 bits per heavy atom. The van der Waals surface area contributed by atoms with Gasteiger partial charge in [0, 0.05) is 11.2 Å². The number of nitrogens with one attached hydrogen (secondary N) is 1. The zero-order chi connectivity index (χ0) is 20.1. The highest BCUT2D eigenvalue weighted by atomic mass is 35.5. The third-order valence-electron chi connectivity index (χ3n) is 4.14. The van der Waals surface area contributed by atoms with Crippen molar-refractivity contribution in [2.24, 2.45) is 0 Å². The molecule has 0 aliphatic carbocycles. The van der Waals surface area contributed by atoms with Gasteiger partial charge < -0.3 is 14.6 Å². The summed E-state index contributed by atoms with van der Waals surface area (Å²) >= 11 is 6.16. The number of methoxy groups -OCH3 is 1. The van der Waals surface area contributed by atoms with E-state index in [1.807, 2.05) is 12.1 Å². The second kappa shape index (κ2) is 8.54. The maximum Gasteiger partial charge on any atom is 0.339 e. The van der Waals surface area contributed by atoms with E-state index < -0.39 is 17.4 Å². The Hall–Kier alpha value is -3.38. The van der Waals surface area contributed by atoms with Crippen molar-refractivity contribution >= 4 is 29.2 Å². The molecule has 1 heterocycles. The number of ether oxygens (including phenoxy) is 1. The molecule has 1 amide bonds. The van der Waals surface area contributed by atoms with Crippen molar-refractivity contribution in [3.8, 4) is 0 Å². The van der Waals surface area contributed by atoms with Gasteiger partial charge in [-0.1, -0.05) is 41.9 Å². The fourth-order valence-corrected chi connectivity index (χ4v) is 2.91. The number of esters is 1. The van der Waals surface area contributed by atoms with Gasteiger partial charge in [-0.15, -0.1) is 0 Å². The molecule has 0 bridgehead atoms. The number of aromatic nitrogens is 1. The fraction of sp³-hybridized carbons (Fsp3) is 0.0952. The highest BCUT2D eigenvalue weighted by Gasteiger charge is 2.17. The number of amides is 1. The fourth-order valence-electron chi connectivity index (χ4n) is 2.71. The number of anilines is 1. The van der Waals surface area contributed by atoms with Crippen LogP contribution in [0.5, 0.6) is 0 Å². The van der Waals surface area contributed by atoms with Crippen molar-refractivity contribution in [1.82, 2.24) is 4.57 Å². The van der Waals surface area contributed by atoms with E-state index in [2.05, 4.69) is 5.32 Å². The topological polar surface area (TPSA) is 77.4 Å². The van der Waals surface area contributed by atoms with Crippen LogP contribution in [0.25, 0.3) is 0 Å². The first-order valence-corrected chi connectivity index (χ1v) is 8.80. The molecule has 0 saturated heterocycles. The van der Waals surface area contributed by atoms with E-state index in [1.165, 1.54) is 23.8 Å². The van der Waals surface area contributed by atoms with Gasteiger partial charge >= 0.3 is 5.97 Å². The summed E-state index contributed by atoms with van der Waals surface area (Å²) in [7, 11) is 1.26. The van der Waals surface area contributed by atoms with Crippen LogP contribution in [0.3, 0.4) is 0 Å². The molecule has 0 atom stereocenters. The Kier molecular flexibility index (Phi) is 5.91. The lowest BCUT2D eigenvalue weighted by atomic mass is 10.1. The molecule has 3 rings (SSSR count). The Balaban J connectivity index is 1.89. The van der Waals surface area contributed by atoms with Gasteiger partial charge in [-0.2, -0.15) is 0 Å². The van der Waals surface area contributed by atoms with Gasteiger partial charge in [0.15, 0.2) is 0 Å². The molecular weight excluding hydrogens is 380 g/mol. The minimum absolute atomic E-state index is 0.0470. The number of para-hydroxylation sites is 1. The van der Waals surface area contributed by atoms with Crippen molar-refractivity contribution in [1.29, 1.82) is 0 Å². The highest BCUT2D eigenvalue weighted by Crippen LogP contribution is 2.17. The molecule has 0 saturated carbocycles. The number of carbonyl (C=O) groups is 2. The Morgan fingerprint density at radius 3 is 2.43 bits per heavy atom. The summed E-state index contributed by atoms with van der Waals surface area (Å²) < 4.78 is 6.12. The van der Waals surface area contributed by atoms with E-state index in [1.54, 1.807) is 42.6 Å². The first kappa shape index (κ1) is 19.4. The minimum atomic E-state index is -0.616. The van der Waals surface area contributed by atoms with Crippen LogP contribution >= 0.6 is 11.6 Å². The Bertz CT molecular complexity index is 1090. The number of nitrogens with zero attached hydrogens (tertiary/aromatic N) is 1. The van der Waals surface area contributed by atoms with Crippen LogP contribution in [0.1, 0.15) is 26.3 Å². The molecule has 0 aliphatic heterocycles. The quantitative estimate of drug-likeness (QED) is 0.668. The second-order valence-corrected chi connectivity index (χ2v) is 6.34. The van der Waals surface area contributed by atoms with Crippen LogP contribution in [0.15, 0.2) is 71.7 Å². The van der Waals surface area contributed by atoms with Gasteiger partial charge in [-0.3, -0.25) is 9.59 Å². The monoisotopic (exact) mass is 396 g/mol. The molecule has 2 aromatic carbocycles. The number of hydrogen-bond donors (Lipinski definition) is 1. The summed E-state index contributed by atoms with van der Waals surface area (Å²) in [5, 5.41) is 3.14. The molecule has 3 aromatic rings. The van der Waals surface area contributed by atoms with Gasteiger partial charge in [-0.25, -0.2) is 4.79 Å². The molecule has 0 fully saturated rings. The second-order valence-electron chi connectivity index (χ2n) is 5.94. The number of rotatable bonds is 5. The molecule has 142 valence electrons. The van der Waals surface area contributed by atoms with Crippen molar-refractivity contribution in [2.75, 3.05) is 12.4 Å². The van der Waals surface area contributed by atoms with Crippen molar-refractivity contribution < 1.29 is 14.3 Å². The zero-order valence-corrected chi connectivity index (χ0v) is 15.8. The molecule has 1 N–H and O–H groups in total. The first-order chi connectivity index (χ1) is 13.5. The van der Waals surface area contributed by atoms with Crippen LogP contribution in [-0.4, -0.2) is 23.6 Å². The van der Waals surface area contributed by atoms with Crippen molar-refractivity contribution in [3.63, 3.8) is 0 Å². The number of hydrogen-bond acceptors (Lipinski definition) is 4. The summed E-state index contributed by atoms with van der Waals surface area (Å²) in [6.07, 6.45) is 1.59. The van der Waals surface area contributed by atoms with Gasteiger partial charge in [0.1, 0.15) is 5.56 Å². The Labute approximate surface area is 166 Å². The number of carbonyl (C=O) groups excluding carboxylic acids is 2. The zero-order valence-electron chi connectivity index (χ0n) is 15.0. The third-order valence-corrected chi connectivity index (χ3v) is 4.51. The molecule has 6 nitrogen and oxygen atoms in total. The SMILES string of the molecule is COC(=O)c1ccccc1NC(=O)c1cccn(Cc2ccccc2Cl)c1=O. The first-order valence-electron chi connectivity index (χ1n) is 8.43. The molecule has 7 heteroatoms. The molecule has 0 aliphatic rings. The lowest BCUT2D eigenvalue weighted by molar-refractivity contribution is 0.0602. The van der Waals surface area contributed by atoms with Gasteiger partial charge in [0.2, 0.25) is 0 Å². The normalized spacial score (nSPS) is 10.4. The largest absolute Gasteiger partial charge is 0.465 e. The van der Waals surface area contributed by atoms with E-state index in [4.69, 9.17) is 16.3 Å². The van der Waals surface area contributed by atoms with Gasteiger partial charge in [0.25, 0.3) is 11.5 Å². The molecule has 0 spiro atoms. The maximum atomic E-state index is 12.8. The average molecular weight is 397 g/mol. The highest BCUT2D eigenvalue weighted by molar-refractivity contribution is 6.31. The smallest absolute Gasteiger partial charge is 0.339 e. The van der Waals surface area contributed by atoms with Gasteiger partial charge in [-0.05, 0) is 35.9 Å². The predicted octanol–water partition coefficient (Wildman–Crippen LogP) is 3.59. The third kappa shape index (κ3) is 4.13. The van der Waals surface area contributed by atoms with E-state index >= 15 is 0 Å². The molecular formula is C21H17ClN2O4. The lowest BCUT2D eigenvalue weighted by Gasteiger charge is -2.11. The standard InChI is InChI=1S/C21H17ClN2O4/c1-28-21(27)15-8-3-5-11-18(15)23-19(25)16-9-6-12-24(20(16)26)13-14-7-2-4-10-17(14)22/h2-12H,13H2,1H3,(H,23,25). The van der Waals surface area contributed by atoms with Crippen LogP contribution in [-0.2, 0) is 11.3 Å². The van der Waals surface area contributed by atoms with Crippen LogP contribution in [0.2, 0.25) is 5.02 Å². The summed E-state index contributed by atoms with van der Waals surface area (Å²) in [5.41, 5.74) is 0.718. The number of pyridine rings is 1. The Morgan fingerprint density at radius 2 is 1.68 bits per heavy atom. The van der Waals surface area contributed by atoms with Crippen LogP contribution in [0.4, 0.5) is 5.69 Å².